The summed E-state index contributed by atoms with van der Waals surface area (Å²) >= 11 is 7.74. The maximum absolute atomic E-state index is 5.96. The van der Waals surface area contributed by atoms with Gasteiger partial charge in [0.15, 0.2) is 0 Å². The molecule has 1 heterocycles. The third-order valence-corrected chi connectivity index (χ3v) is 3.97. The highest BCUT2D eigenvalue weighted by Gasteiger charge is 2.09. The maximum atomic E-state index is 5.96. The van der Waals surface area contributed by atoms with Crippen molar-refractivity contribution in [2.45, 2.75) is 19.7 Å². The van der Waals surface area contributed by atoms with E-state index in [1.807, 2.05) is 0 Å². The van der Waals surface area contributed by atoms with Gasteiger partial charge in [0.05, 0.1) is 5.88 Å². The molecule has 0 N–H and O–H groups in total. The van der Waals surface area contributed by atoms with E-state index in [0.717, 1.165) is 0 Å². The second-order valence-electron chi connectivity index (χ2n) is 3.64. The number of hydrogen-bond donors (Lipinski definition) is 0. The van der Waals surface area contributed by atoms with Crippen molar-refractivity contribution >= 4 is 22.9 Å². The van der Waals surface area contributed by atoms with Crippen LogP contribution in [0.2, 0.25) is 0 Å². The van der Waals surface area contributed by atoms with E-state index in [-0.39, 0.29) is 0 Å². The van der Waals surface area contributed by atoms with Gasteiger partial charge >= 0.3 is 0 Å². The van der Waals surface area contributed by atoms with Gasteiger partial charge in [-0.15, -0.1) is 22.9 Å². The zero-order valence-corrected chi connectivity index (χ0v) is 10.5. The Hall–Kier alpha value is -0.790. The Morgan fingerprint density at radius 1 is 1.13 bits per heavy atom. The van der Waals surface area contributed by atoms with Crippen LogP contribution in [0.25, 0.3) is 11.1 Å². The summed E-state index contributed by atoms with van der Waals surface area (Å²) in [5, 5.41) is 0. The number of hydrogen-bond acceptors (Lipinski definition) is 1. The minimum absolute atomic E-state index is 0.599. The highest BCUT2D eigenvalue weighted by atomic mass is 35.5. The Balaban J connectivity index is 2.58. The molecule has 0 fully saturated rings. The summed E-state index contributed by atoms with van der Waals surface area (Å²) < 4.78 is 0. The van der Waals surface area contributed by atoms with E-state index in [1.54, 1.807) is 11.3 Å². The molecule has 0 atom stereocenters. The summed E-state index contributed by atoms with van der Waals surface area (Å²) in [4.78, 5) is 2.59. The lowest BCUT2D eigenvalue weighted by Gasteiger charge is -2.04. The van der Waals surface area contributed by atoms with Gasteiger partial charge in [0, 0.05) is 9.75 Å². The molecule has 0 unspecified atom stereocenters. The summed E-state index contributed by atoms with van der Waals surface area (Å²) in [5.74, 6) is 0.599. The molecule has 1 aromatic carbocycles. The van der Waals surface area contributed by atoms with Gasteiger partial charge in [-0.3, -0.25) is 0 Å². The first kappa shape index (κ1) is 10.7. The molecule has 0 saturated heterocycles. The quantitative estimate of drug-likeness (QED) is 0.659. The lowest BCUT2D eigenvalue weighted by Crippen LogP contribution is -1.83. The van der Waals surface area contributed by atoms with Gasteiger partial charge in [-0.2, -0.15) is 0 Å². The molecule has 2 heteroatoms. The first-order valence-corrected chi connectivity index (χ1v) is 6.28. The molecule has 0 saturated carbocycles. The second-order valence-corrected chi connectivity index (χ2v) is 5.25. The number of benzene rings is 1. The van der Waals surface area contributed by atoms with E-state index in [4.69, 9.17) is 11.6 Å². The first-order valence-electron chi connectivity index (χ1n) is 4.93. The van der Waals surface area contributed by atoms with E-state index in [1.165, 1.54) is 26.4 Å². The Labute approximate surface area is 99.5 Å². The predicted molar refractivity (Wildman–Crippen MR) is 68.8 cm³/mol. The molecule has 2 rings (SSSR count). The minimum atomic E-state index is 0.599. The van der Waals surface area contributed by atoms with Crippen molar-refractivity contribution in [3.8, 4) is 11.1 Å². The molecule has 0 spiro atoms. The van der Waals surface area contributed by atoms with Crippen LogP contribution in [0.3, 0.4) is 0 Å². The second kappa shape index (κ2) is 4.38. The molecule has 0 radical (unpaired) electrons. The van der Waals surface area contributed by atoms with Crippen LogP contribution in [0.4, 0.5) is 0 Å². The third kappa shape index (κ3) is 2.09. The zero-order valence-electron chi connectivity index (χ0n) is 8.88. The number of alkyl halides is 1. The van der Waals surface area contributed by atoms with Crippen LogP contribution in [-0.2, 0) is 5.88 Å². The van der Waals surface area contributed by atoms with Crippen LogP contribution in [0.5, 0.6) is 0 Å². The standard InChI is InChI=1S/C13H13ClS/c1-9-5-3-4-6-11(9)12-7-10(2)15-13(12)8-14/h3-7H,8H2,1-2H3. The van der Waals surface area contributed by atoms with Crippen molar-refractivity contribution in [1.82, 2.24) is 0 Å². The van der Waals surface area contributed by atoms with E-state index >= 15 is 0 Å². The number of thiophene rings is 1. The molecule has 0 bridgehead atoms. The average Bonchev–Trinajstić information content (AvgIpc) is 2.60. The largest absolute Gasteiger partial charge is 0.144 e. The lowest BCUT2D eigenvalue weighted by atomic mass is 10.0. The number of rotatable bonds is 2. The highest BCUT2D eigenvalue weighted by Crippen LogP contribution is 2.33. The molecule has 1 aromatic heterocycles. The molecular formula is C13H13ClS. The summed E-state index contributed by atoms with van der Waals surface area (Å²) in [6.45, 7) is 4.27. The van der Waals surface area contributed by atoms with Gasteiger partial charge < -0.3 is 0 Å². The van der Waals surface area contributed by atoms with Gasteiger partial charge in [0.25, 0.3) is 0 Å². The monoisotopic (exact) mass is 236 g/mol. The molecule has 15 heavy (non-hydrogen) atoms. The lowest BCUT2D eigenvalue weighted by molar-refractivity contribution is 1.43. The van der Waals surface area contributed by atoms with E-state index < -0.39 is 0 Å². The normalized spacial score (nSPS) is 10.6. The van der Waals surface area contributed by atoms with Crippen LogP contribution >= 0.6 is 22.9 Å². The smallest absolute Gasteiger partial charge is 0.0574 e. The van der Waals surface area contributed by atoms with Crippen molar-refractivity contribution in [1.29, 1.82) is 0 Å². The SMILES string of the molecule is Cc1cc(-c2ccccc2C)c(CCl)s1. The Bertz CT molecular complexity index is 471. The van der Waals surface area contributed by atoms with Gasteiger partial charge in [0.2, 0.25) is 0 Å². The fraction of sp³-hybridized carbons (Fsp3) is 0.231. The fourth-order valence-corrected chi connectivity index (χ4v) is 2.97. The summed E-state index contributed by atoms with van der Waals surface area (Å²) in [5.41, 5.74) is 3.91. The van der Waals surface area contributed by atoms with Crippen molar-refractivity contribution < 1.29 is 0 Å². The van der Waals surface area contributed by atoms with Crippen LogP contribution in [0, 0.1) is 13.8 Å². The third-order valence-electron chi connectivity index (χ3n) is 2.49. The van der Waals surface area contributed by atoms with Crippen molar-refractivity contribution in [2.75, 3.05) is 0 Å². The van der Waals surface area contributed by atoms with E-state index in [2.05, 4.69) is 44.2 Å². The van der Waals surface area contributed by atoms with Crippen molar-refractivity contribution in [3.05, 3.63) is 45.6 Å². The van der Waals surface area contributed by atoms with E-state index in [9.17, 15) is 0 Å². The van der Waals surface area contributed by atoms with Gasteiger partial charge in [-0.1, -0.05) is 24.3 Å². The van der Waals surface area contributed by atoms with Crippen LogP contribution in [0.15, 0.2) is 30.3 Å². The number of halogens is 1. The van der Waals surface area contributed by atoms with Crippen molar-refractivity contribution in [2.24, 2.45) is 0 Å². The molecule has 0 aliphatic carbocycles. The topological polar surface area (TPSA) is 0 Å². The Morgan fingerprint density at radius 3 is 2.53 bits per heavy atom. The van der Waals surface area contributed by atoms with Gasteiger partial charge in [-0.05, 0) is 36.6 Å². The van der Waals surface area contributed by atoms with Crippen LogP contribution in [-0.4, -0.2) is 0 Å². The summed E-state index contributed by atoms with van der Waals surface area (Å²) in [6, 6.07) is 10.7. The Morgan fingerprint density at radius 2 is 1.87 bits per heavy atom. The molecule has 0 aliphatic rings. The summed E-state index contributed by atoms with van der Waals surface area (Å²) in [6.07, 6.45) is 0. The number of aryl methyl sites for hydroxylation is 2. The molecule has 0 amide bonds. The molecular weight excluding hydrogens is 224 g/mol. The average molecular weight is 237 g/mol. The Kier molecular flexibility index (Phi) is 3.13. The molecule has 78 valence electrons. The predicted octanol–water partition coefficient (Wildman–Crippen LogP) is 4.77. The maximum Gasteiger partial charge on any atom is 0.0574 e. The molecule has 0 aliphatic heterocycles. The van der Waals surface area contributed by atoms with Crippen LogP contribution < -0.4 is 0 Å². The summed E-state index contributed by atoms with van der Waals surface area (Å²) in [7, 11) is 0. The highest BCUT2D eigenvalue weighted by molar-refractivity contribution is 7.12. The molecule has 2 aromatic rings. The fourth-order valence-electron chi connectivity index (χ4n) is 1.76. The van der Waals surface area contributed by atoms with E-state index in [0.29, 0.717) is 5.88 Å². The van der Waals surface area contributed by atoms with Gasteiger partial charge in [-0.25, -0.2) is 0 Å². The zero-order chi connectivity index (χ0) is 10.8. The minimum Gasteiger partial charge on any atom is -0.144 e. The van der Waals surface area contributed by atoms with Crippen molar-refractivity contribution in [3.63, 3.8) is 0 Å². The van der Waals surface area contributed by atoms with Crippen LogP contribution in [0.1, 0.15) is 15.3 Å². The molecule has 0 nitrogen and oxygen atoms in total. The van der Waals surface area contributed by atoms with Gasteiger partial charge in [0.1, 0.15) is 0 Å². The first-order chi connectivity index (χ1) is 7.22.